The molecule has 1 aliphatic carbocycles. The van der Waals surface area contributed by atoms with Crippen molar-refractivity contribution in [3.05, 3.63) is 34.1 Å². The fraction of sp³-hybridized carbons (Fsp3) is 0.412. The molecule has 1 unspecified atom stereocenters. The topological polar surface area (TPSA) is 83.8 Å². The van der Waals surface area contributed by atoms with E-state index in [1.165, 1.54) is 4.90 Å². The molecule has 2 fully saturated rings. The molecule has 11 heteroatoms. The summed E-state index contributed by atoms with van der Waals surface area (Å²) in [7, 11) is 0. The summed E-state index contributed by atoms with van der Waals surface area (Å²) in [6.07, 6.45) is -1.71. The Bertz CT molecular complexity index is 1030. The van der Waals surface area contributed by atoms with E-state index in [9.17, 15) is 22.8 Å². The molecule has 150 valence electrons. The highest BCUT2D eigenvalue weighted by Gasteiger charge is 2.58. The van der Waals surface area contributed by atoms with Crippen molar-refractivity contribution < 1.29 is 32.2 Å². The number of alkyl halides is 2. The van der Waals surface area contributed by atoms with Gasteiger partial charge in [-0.05, 0) is 6.07 Å². The molecule has 2 N–H and O–H groups in total. The number of rotatable bonds is 3. The lowest BCUT2D eigenvalue weighted by molar-refractivity contribution is 0.101. The molecule has 2 heterocycles. The molecule has 0 radical (unpaired) electrons. The summed E-state index contributed by atoms with van der Waals surface area (Å²) in [5.41, 5.74) is -2.00. The molecule has 0 bridgehead atoms. The van der Waals surface area contributed by atoms with Crippen LogP contribution in [0, 0.1) is 11.6 Å². The number of aromatic nitrogens is 1. The first-order chi connectivity index (χ1) is 13.2. The first kappa shape index (κ1) is 18.5. The van der Waals surface area contributed by atoms with Gasteiger partial charge in [0.05, 0.1) is 17.1 Å². The summed E-state index contributed by atoms with van der Waals surface area (Å²) in [4.78, 5) is 24.7. The highest BCUT2D eigenvalue weighted by Crippen LogP contribution is 2.53. The minimum absolute atomic E-state index is 0.295. The van der Waals surface area contributed by atoms with Crippen molar-refractivity contribution in [1.29, 1.82) is 0 Å². The maximum atomic E-state index is 15.3. The molecule has 4 rings (SSSR count). The Morgan fingerprint density at radius 2 is 1.93 bits per heavy atom. The molecule has 1 saturated heterocycles. The van der Waals surface area contributed by atoms with Crippen molar-refractivity contribution in [3.63, 3.8) is 0 Å². The second-order valence-electron chi connectivity index (χ2n) is 6.73. The number of carbonyl (C=O) groups is 1. The quantitative estimate of drug-likeness (QED) is 0.607. The highest BCUT2D eigenvalue weighted by molar-refractivity contribution is 5.86. The van der Waals surface area contributed by atoms with Crippen molar-refractivity contribution >= 4 is 22.7 Å². The molecule has 1 aromatic carbocycles. The van der Waals surface area contributed by atoms with Crippen molar-refractivity contribution in [3.8, 4) is 5.75 Å². The van der Waals surface area contributed by atoms with Crippen LogP contribution in [0.3, 0.4) is 0 Å². The lowest BCUT2D eigenvalue weighted by Crippen LogP contribution is -2.44. The number of hydrogen-bond donors (Lipinski definition) is 2. The molecule has 28 heavy (non-hydrogen) atoms. The second-order valence-corrected chi connectivity index (χ2v) is 6.73. The fourth-order valence-electron chi connectivity index (χ4n) is 3.50. The summed E-state index contributed by atoms with van der Waals surface area (Å²) >= 11 is 0. The second kappa shape index (κ2) is 6.36. The number of pyridine rings is 1. The molecule has 0 amide bonds. The van der Waals surface area contributed by atoms with Crippen LogP contribution >= 0.6 is 0 Å². The first-order valence-corrected chi connectivity index (χ1v) is 8.52. The van der Waals surface area contributed by atoms with Crippen LogP contribution in [0.1, 0.15) is 12.5 Å². The summed E-state index contributed by atoms with van der Waals surface area (Å²) in [5.74, 6) is -6.13. The van der Waals surface area contributed by atoms with Gasteiger partial charge in [0.25, 0.3) is 5.92 Å². The average Bonchev–Trinajstić information content (AvgIpc) is 3.26. The van der Waals surface area contributed by atoms with Gasteiger partial charge in [-0.25, -0.2) is 22.4 Å². The summed E-state index contributed by atoms with van der Waals surface area (Å²) in [6, 6.07) is -0.744. The third-order valence-corrected chi connectivity index (χ3v) is 4.91. The number of anilines is 1. The van der Waals surface area contributed by atoms with Crippen molar-refractivity contribution in [1.82, 2.24) is 9.88 Å². The molecule has 1 aromatic heterocycles. The van der Waals surface area contributed by atoms with E-state index in [1.807, 2.05) is 0 Å². The zero-order valence-electron chi connectivity index (χ0n) is 14.3. The number of ether oxygens (including phenoxy) is 1. The van der Waals surface area contributed by atoms with Gasteiger partial charge in [0, 0.05) is 32.6 Å². The van der Waals surface area contributed by atoms with Gasteiger partial charge in [-0.3, -0.25) is 4.79 Å². The summed E-state index contributed by atoms with van der Waals surface area (Å²) in [6.45, 7) is 1.55. The van der Waals surface area contributed by atoms with Gasteiger partial charge in [-0.2, -0.15) is 0 Å². The van der Waals surface area contributed by atoms with Crippen LogP contribution < -0.4 is 20.4 Å². The molecule has 2 aliphatic rings. The maximum Gasteiger partial charge on any atom is 0.511 e. The van der Waals surface area contributed by atoms with Crippen LogP contribution in [0.5, 0.6) is 5.75 Å². The molecule has 2 aromatic rings. The number of carboxylic acid groups (broad SMARTS) is 1. The summed E-state index contributed by atoms with van der Waals surface area (Å²) in [5, 5.41) is 11.2. The molecule has 7 nitrogen and oxygen atoms in total. The van der Waals surface area contributed by atoms with Crippen LogP contribution in [0.25, 0.3) is 10.9 Å². The Morgan fingerprint density at radius 3 is 2.50 bits per heavy atom. The van der Waals surface area contributed by atoms with E-state index in [1.54, 1.807) is 0 Å². The Balaban J connectivity index is 1.99. The minimum Gasteiger partial charge on any atom is -0.449 e. The maximum absolute atomic E-state index is 15.3. The lowest BCUT2D eigenvalue weighted by atomic mass is 10.1. The highest BCUT2D eigenvalue weighted by atomic mass is 19.3. The van der Waals surface area contributed by atoms with Gasteiger partial charge in [0.2, 0.25) is 5.43 Å². The predicted octanol–water partition coefficient (Wildman–Crippen LogP) is 2.33. The van der Waals surface area contributed by atoms with E-state index < -0.39 is 63.9 Å². The Kier molecular flexibility index (Phi) is 4.21. The van der Waals surface area contributed by atoms with Gasteiger partial charge < -0.3 is 24.6 Å². The van der Waals surface area contributed by atoms with Crippen molar-refractivity contribution in [2.24, 2.45) is 0 Å². The normalized spacial score (nSPS) is 21.0. The van der Waals surface area contributed by atoms with Gasteiger partial charge in [0.15, 0.2) is 11.6 Å². The van der Waals surface area contributed by atoms with Gasteiger partial charge >= 0.3 is 6.16 Å². The largest absolute Gasteiger partial charge is 0.511 e. The van der Waals surface area contributed by atoms with Gasteiger partial charge in [-0.15, -0.1) is 0 Å². The smallest absolute Gasteiger partial charge is 0.449 e. The molecule has 1 saturated carbocycles. The van der Waals surface area contributed by atoms with E-state index in [0.717, 1.165) is 16.8 Å². The van der Waals surface area contributed by atoms with Gasteiger partial charge in [0.1, 0.15) is 17.5 Å². The monoisotopic (exact) mass is 401 g/mol. The fourth-order valence-corrected chi connectivity index (χ4v) is 3.50. The minimum atomic E-state index is -3.15. The number of hydrogen-bond acceptors (Lipinski definition) is 5. The Labute approximate surface area is 155 Å². The van der Waals surface area contributed by atoms with E-state index >= 15 is 4.39 Å². The number of benzene rings is 1. The number of halogens is 4. The summed E-state index contributed by atoms with van der Waals surface area (Å²) < 4.78 is 62.5. The average molecular weight is 401 g/mol. The number of fused-ring (bicyclic) bond motifs is 1. The van der Waals surface area contributed by atoms with Gasteiger partial charge in [-0.1, -0.05) is 0 Å². The van der Waals surface area contributed by atoms with Crippen LogP contribution in [0.4, 0.5) is 28.0 Å². The zero-order chi connectivity index (χ0) is 20.2. The number of nitrogens with one attached hydrogen (secondary N) is 1. The van der Waals surface area contributed by atoms with E-state index in [4.69, 9.17) is 5.11 Å². The molecule has 0 spiro atoms. The SMILES string of the molecule is O=C(O)Oc1cn(C2CC2(F)F)c2c(F)c(N3CCNCC3)c(F)cc2c1=O. The zero-order valence-corrected chi connectivity index (χ0v) is 14.3. The lowest BCUT2D eigenvalue weighted by Gasteiger charge is -2.30. The Morgan fingerprint density at radius 1 is 1.29 bits per heavy atom. The van der Waals surface area contributed by atoms with E-state index in [2.05, 4.69) is 10.1 Å². The van der Waals surface area contributed by atoms with Crippen LogP contribution in [-0.2, 0) is 0 Å². The van der Waals surface area contributed by atoms with Crippen molar-refractivity contribution in [2.45, 2.75) is 18.4 Å². The van der Waals surface area contributed by atoms with E-state index in [-0.39, 0.29) is 0 Å². The van der Waals surface area contributed by atoms with Crippen molar-refractivity contribution in [2.75, 3.05) is 31.1 Å². The molecule has 1 aliphatic heterocycles. The van der Waals surface area contributed by atoms with Crippen LogP contribution in [-0.4, -0.2) is 47.9 Å². The Hall–Kier alpha value is -2.82. The van der Waals surface area contributed by atoms with Crippen LogP contribution in [0.15, 0.2) is 17.1 Å². The van der Waals surface area contributed by atoms with Crippen LogP contribution in [0.2, 0.25) is 0 Å². The molecule has 1 atom stereocenters. The molecular weight excluding hydrogens is 386 g/mol. The predicted molar refractivity (Wildman–Crippen MR) is 90.5 cm³/mol. The molecular formula is C17H15F4N3O4. The number of nitrogens with zero attached hydrogens (tertiary/aromatic N) is 2. The van der Waals surface area contributed by atoms with E-state index in [0.29, 0.717) is 26.2 Å². The first-order valence-electron chi connectivity index (χ1n) is 8.52. The third kappa shape index (κ3) is 2.95. The standard InChI is InChI=1S/C17H15F4N3O4/c18-9-5-8-13(12(19)14(9)23-3-1-22-2-4-23)24(11-6-17(11,20)21)7-10(15(8)25)28-16(26)27/h5,7,11,22H,1-4,6H2,(H,26,27). The number of piperazine rings is 1. The third-order valence-electron chi connectivity index (χ3n) is 4.91.